The highest BCUT2D eigenvalue weighted by molar-refractivity contribution is 7.15. The quantitative estimate of drug-likeness (QED) is 0.822. The fourth-order valence-corrected chi connectivity index (χ4v) is 3.18. The Hall–Kier alpha value is -1.26. The van der Waals surface area contributed by atoms with Gasteiger partial charge in [-0.3, -0.25) is 4.98 Å². The van der Waals surface area contributed by atoms with Crippen molar-refractivity contribution in [1.29, 1.82) is 0 Å². The van der Waals surface area contributed by atoms with E-state index in [9.17, 15) is 5.11 Å². The topological polar surface area (TPSA) is 46.0 Å². The zero-order valence-electron chi connectivity index (χ0n) is 8.76. The Kier molecular flexibility index (Phi) is 2.46. The number of hydrogen-bond acceptors (Lipinski definition) is 4. The molecular weight excluding hydrogens is 220 g/mol. The van der Waals surface area contributed by atoms with Gasteiger partial charge in [0.1, 0.15) is 5.01 Å². The van der Waals surface area contributed by atoms with Crippen molar-refractivity contribution in [3.05, 3.63) is 35.1 Å². The number of nitrogens with zero attached hydrogens (tertiary/aromatic N) is 2. The average molecular weight is 232 g/mol. The second-order valence-corrected chi connectivity index (χ2v) is 5.05. The van der Waals surface area contributed by atoms with Crippen molar-refractivity contribution in [2.75, 3.05) is 0 Å². The van der Waals surface area contributed by atoms with Crippen molar-refractivity contribution in [2.45, 2.75) is 25.4 Å². The standard InChI is InChI=1S/C12H12N2OS/c15-9-2-1-3-10-11(9)14-12(16-10)8-4-6-13-7-5-8/h4-7,9,15H,1-3H2. The minimum Gasteiger partial charge on any atom is -0.387 e. The minimum absolute atomic E-state index is 0.365. The fourth-order valence-electron chi connectivity index (χ4n) is 2.01. The van der Waals surface area contributed by atoms with Crippen molar-refractivity contribution >= 4 is 11.3 Å². The Morgan fingerprint density at radius 1 is 1.31 bits per heavy atom. The molecular formula is C12H12N2OS. The fraction of sp³-hybridized carbons (Fsp3) is 0.333. The smallest absolute Gasteiger partial charge is 0.124 e. The van der Waals surface area contributed by atoms with Crippen molar-refractivity contribution in [1.82, 2.24) is 9.97 Å². The molecule has 2 heterocycles. The summed E-state index contributed by atoms with van der Waals surface area (Å²) < 4.78 is 0. The maximum Gasteiger partial charge on any atom is 0.124 e. The van der Waals surface area contributed by atoms with Crippen LogP contribution in [0.5, 0.6) is 0 Å². The normalized spacial score (nSPS) is 19.4. The van der Waals surface area contributed by atoms with Gasteiger partial charge in [0.25, 0.3) is 0 Å². The Labute approximate surface area is 97.8 Å². The van der Waals surface area contributed by atoms with Gasteiger partial charge in [-0.2, -0.15) is 0 Å². The van der Waals surface area contributed by atoms with Crippen molar-refractivity contribution in [3.63, 3.8) is 0 Å². The van der Waals surface area contributed by atoms with Crippen LogP contribution in [-0.4, -0.2) is 15.1 Å². The van der Waals surface area contributed by atoms with E-state index in [2.05, 4.69) is 9.97 Å². The molecule has 3 rings (SSSR count). The van der Waals surface area contributed by atoms with E-state index in [1.165, 1.54) is 4.88 Å². The summed E-state index contributed by atoms with van der Waals surface area (Å²) in [7, 11) is 0. The van der Waals surface area contributed by atoms with Gasteiger partial charge in [-0.25, -0.2) is 4.98 Å². The molecule has 2 aromatic rings. The molecule has 16 heavy (non-hydrogen) atoms. The van der Waals surface area contributed by atoms with Crippen LogP contribution >= 0.6 is 11.3 Å². The molecule has 82 valence electrons. The number of hydrogen-bond donors (Lipinski definition) is 1. The van der Waals surface area contributed by atoms with E-state index in [1.54, 1.807) is 23.7 Å². The summed E-state index contributed by atoms with van der Waals surface area (Å²) in [6, 6.07) is 3.91. The molecule has 4 heteroatoms. The maximum atomic E-state index is 9.85. The van der Waals surface area contributed by atoms with Crippen LogP contribution in [-0.2, 0) is 6.42 Å². The molecule has 0 saturated carbocycles. The molecule has 0 saturated heterocycles. The molecule has 0 aromatic carbocycles. The molecule has 1 aliphatic carbocycles. The lowest BCUT2D eigenvalue weighted by Gasteiger charge is -2.14. The third-order valence-electron chi connectivity index (χ3n) is 2.85. The molecule has 1 N–H and O–H groups in total. The summed E-state index contributed by atoms with van der Waals surface area (Å²) >= 11 is 1.69. The van der Waals surface area contributed by atoms with Crippen LogP contribution in [0.3, 0.4) is 0 Å². The van der Waals surface area contributed by atoms with Gasteiger partial charge in [0.05, 0.1) is 11.8 Å². The molecule has 0 spiro atoms. The van der Waals surface area contributed by atoms with Gasteiger partial charge in [0.15, 0.2) is 0 Å². The number of thiazole rings is 1. The zero-order chi connectivity index (χ0) is 11.0. The van der Waals surface area contributed by atoms with Crippen LogP contribution in [0.2, 0.25) is 0 Å². The number of aliphatic hydroxyl groups is 1. The average Bonchev–Trinajstić information content (AvgIpc) is 2.76. The van der Waals surface area contributed by atoms with Crippen LogP contribution in [0.4, 0.5) is 0 Å². The van der Waals surface area contributed by atoms with Gasteiger partial charge in [-0.15, -0.1) is 11.3 Å². The highest BCUT2D eigenvalue weighted by Crippen LogP contribution is 2.36. The molecule has 0 aliphatic heterocycles. The molecule has 0 amide bonds. The summed E-state index contributed by atoms with van der Waals surface area (Å²) in [4.78, 5) is 9.78. The predicted octanol–water partition coefficient (Wildman–Crippen LogP) is 2.57. The SMILES string of the molecule is OC1CCCc2sc(-c3ccncc3)nc21. The van der Waals surface area contributed by atoms with Crippen LogP contribution in [0, 0.1) is 0 Å². The van der Waals surface area contributed by atoms with Crippen molar-refractivity contribution in [2.24, 2.45) is 0 Å². The molecule has 1 unspecified atom stereocenters. The van der Waals surface area contributed by atoms with Crippen LogP contribution < -0.4 is 0 Å². The summed E-state index contributed by atoms with van der Waals surface area (Å²) in [6.45, 7) is 0. The van der Waals surface area contributed by atoms with Crippen LogP contribution in [0.1, 0.15) is 29.5 Å². The Morgan fingerprint density at radius 3 is 2.88 bits per heavy atom. The lowest BCUT2D eigenvalue weighted by molar-refractivity contribution is 0.153. The first-order chi connectivity index (χ1) is 7.84. The van der Waals surface area contributed by atoms with Crippen molar-refractivity contribution < 1.29 is 5.11 Å². The minimum atomic E-state index is -0.365. The number of aliphatic hydroxyl groups excluding tert-OH is 1. The van der Waals surface area contributed by atoms with E-state index >= 15 is 0 Å². The van der Waals surface area contributed by atoms with Crippen LogP contribution in [0.25, 0.3) is 10.6 Å². The Balaban J connectivity index is 2.05. The highest BCUT2D eigenvalue weighted by atomic mass is 32.1. The third-order valence-corrected chi connectivity index (χ3v) is 4.03. The number of aromatic nitrogens is 2. The summed E-state index contributed by atoms with van der Waals surface area (Å²) in [6.07, 6.45) is 6.13. The van der Waals surface area contributed by atoms with E-state index in [4.69, 9.17) is 0 Å². The Morgan fingerprint density at radius 2 is 2.12 bits per heavy atom. The van der Waals surface area contributed by atoms with Gasteiger partial charge in [0.2, 0.25) is 0 Å². The maximum absolute atomic E-state index is 9.85. The molecule has 1 atom stereocenters. The van der Waals surface area contributed by atoms with E-state index in [-0.39, 0.29) is 6.10 Å². The predicted molar refractivity (Wildman–Crippen MR) is 63.2 cm³/mol. The number of aryl methyl sites for hydroxylation is 1. The van der Waals surface area contributed by atoms with Gasteiger partial charge >= 0.3 is 0 Å². The van der Waals surface area contributed by atoms with Gasteiger partial charge in [-0.1, -0.05) is 0 Å². The van der Waals surface area contributed by atoms with Crippen molar-refractivity contribution in [3.8, 4) is 10.6 Å². The lowest BCUT2D eigenvalue weighted by atomic mass is 10.0. The molecule has 0 fully saturated rings. The number of pyridine rings is 1. The summed E-state index contributed by atoms with van der Waals surface area (Å²) in [5.74, 6) is 0. The summed E-state index contributed by atoms with van der Waals surface area (Å²) in [5.41, 5.74) is 1.98. The van der Waals surface area contributed by atoms with E-state index in [0.717, 1.165) is 35.5 Å². The summed E-state index contributed by atoms with van der Waals surface area (Å²) in [5, 5.41) is 10.8. The highest BCUT2D eigenvalue weighted by Gasteiger charge is 2.22. The number of fused-ring (bicyclic) bond motifs is 1. The second kappa shape index (κ2) is 3.96. The first kappa shape index (κ1) is 9.93. The zero-order valence-corrected chi connectivity index (χ0v) is 9.57. The molecule has 0 radical (unpaired) electrons. The van der Waals surface area contributed by atoms with E-state index in [1.807, 2.05) is 12.1 Å². The lowest BCUT2D eigenvalue weighted by Crippen LogP contribution is -2.07. The van der Waals surface area contributed by atoms with E-state index in [0.29, 0.717) is 0 Å². The molecule has 3 nitrogen and oxygen atoms in total. The monoisotopic (exact) mass is 232 g/mol. The Bertz CT molecular complexity index is 495. The van der Waals surface area contributed by atoms with Gasteiger partial charge in [0, 0.05) is 22.8 Å². The molecule has 1 aliphatic rings. The van der Waals surface area contributed by atoms with E-state index < -0.39 is 0 Å². The first-order valence-corrected chi connectivity index (χ1v) is 6.24. The molecule has 0 bridgehead atoms. The second-order valence-electron chi connectivity index (χ2n) is 3.97. The van der Waals surface area contributed by atoms with Gasteiger partial charge in [-0.05, 0) is 31.4 Å². The first-order valence-electron chi connectivity index (χ1n) is 5.42. The molecule has 2 aromatic heterocycles. The number of rotatable bonds is 1. The largest absolute Gasteiger partial charge is 0.387 e. The van der Waals surface area contributed by atoms with Gasteiger partial charge < -0.3 is 5.11 Å². The van der Waals surface area contributed by atoms with Crippen LogP contribution in [0.15, 0.2) is 24.5 Å². The third kappa shape index (κ3) is 1.64.